The van der Waals surface area contributed by atoms with Crippen LogP contribution in [0.4, 0.5) is 10.5 Å². The van der Waals surface area contributed by atoms with E-state index in [4.69, 9.17) is 0 Å². The third kappa shape index (κ3) is 3.41. The maximum Gasteiger partial charge on any atom is 0.327 e. The Hall–Kier alpha value is -1.89. The first kappa shape index (κ1) is 15.5. The summed E-state index contributed by atoms with van der Waals surface area (Å²) in [6.07, 6.45) is 1.86. The molecule has 1 aromatic rings. The van der Waals surface area contributed by atoms with Crippen molar-refractivity contribution in [2.24, 2.45) is 0 Å². The van der Waals surface area contributed by atoms with Gasteiger partial charge in [-0.05, 0) is 18.6 Å². The zero-order valence-corrected chi connectivity index (χ0v) is 12.7. The largest absolute Gasteiger partial charge is 0.480 e. The molecular weight excluding hydrogens is 292 g/mol. The van der Waals surface area contributed by atoms with Crippen molar-refractivity contribution in [1.29, 1.82) is 0 Å². The molecule has 1 heterocycles. The maximum absolute atomic E-state index is 12.4. The van der Waals surface area contributed by atoms with Crippen molar-refractivity contribution >= 4 is 28.5 Å². The highest BCUT2D eigenvalue weighted by Gasteiger charge is 2.38. The Kier molecular flexibility index (Phi) is 4.62. The number of carboxylic acids is 1. The van der Waals surface area contributed by atoms with Crippen LogP contribution in [0.1, 0.15) is 12.5 Å². The monoisotopic (exact) mass is 310 g/mol. The summed E-state index contributed by atoms with van der Waals surface area (Å²) in [6, 6.07) is 5.50. The molecule has 2 rings (SSSR count). The van der Waals surface area contributed by atoms with E-state index in [0.29, 0.717) is 17.9 Å². The highest BCUT2D eigenvalue weighted by Crippen LogP contribution is 2.32. The molecular formula is C14H18N2O4S. The average Bonchev–Trinajstić information content (AvgIpc) is 2.76. The molecule has 6 nitrogen and oxygen atoms in total. The molecule has 2 N–H and O–H groups in total. The molecule has 0 radical (unpaired) electrons. The summed E-state index contributed by atoms with van der Waals surface area (Å²) in [4.78, 5) is 25.0. The topological polar surface area (TPSA) is 86.7 Å². The molecule has 1 aliphatic heterocycles. The molecule has 3 atom stereocenters. The van der Waals surface area contributed by atoms with Crippen molar-refractivity contribution < 1.29 is 18.9 Å². The summed E-state index contributed by atoms with van der Waals surface area (Å²) >= 11 is 0. The van der Waals surface area contributed by atoms with Crippen molar-refractivity contribution in [3.8, 4) is 0 Å². The molecule has 0 fully saturated rings. The minimum Gasteiger partial charge on any atom is -0.480 e. The van der Waals surface area contributed by atoms with Gasteiger partial charge in [0.15, 0.2) is 0 Å². The number of carbonyl (C=O) groups is 2. The third-order valence-electron chi connectivity index (χ3n) is 3.33. The summed E-state index contributed by atoms with van der Waals surface area (Å²) in [6.45, 7) is 1.75. The molecule has 1 aromatic carbocycles. The van der Waals surface area contributed by atoms with Gasteiger partial charge in [0.05, 0.1) is 0 Å². The quantitative estimate of drug-likeness (QED) is 0.868. The predicted molar refractivity (Wildman–Crippen MR) is 81.0 cm³/mol. The molecule has 7 heteroatoms. The molecule has 0 spiro atoms. The Bertz CT molecular complexity index is 590. The van der Waals surface area contributed by atoms with Gasteiger partial charge in [-0.25, -0.2) is 9.59 Å². The van der Waals surface area contributed by atoms with Crippen molar-refractivity contribution in [1.82, 2.24) is 5.32 Å². The number of para-hydroxylation sites is 1. The number of hydrogen-bond donors (Lipinski definition) is 2. The van der Waals surface area contributed by atoms with Gasteiger partial charge in [-0.1, -0.05) is 18.2 Å². The van der Waals surface area contributed by atoms with Gasteiger partial charge < -0.3 is 10.4 Å². The van der Waals surface area contributed by atoms with Crippen LogP contribution in [-0.2, 0) is 22.0 Å². The van der Waals surface area contributed by atoms with Gasteiger partial charge in [0.1, 0.15) is 6.04 Å². The number of benzene rings is 1. The number of rotatable bonds is 4. The zero-order valence-electron chi connectivity index (χ0n) is 11.9. The molecule has 0 saturated heterocycles. The van der Waals surface area contributed by atoms with E-state index in [1.807, 2.05) is 12.1 Å². The van der Waals surface area contributed by atoms with Gasteiger partial charge in [-0.3, -0.25) is 9.11 Å². The number of nitrogens with one attached hydrogen (secondary N) is 1. The summed E-state index contributed by atoms with van der Waals surface area (Å²) in [5, 5.41) is 12.0. The van der Waals surface area contributed by atoms with Crippen LogP contribution in [0.15, 0.2) is 24.3 Å². The summed E-state index contributed by atoms with van der Waals surface area (Å²) in [5.41, 5.74) is 1.46. The van der Waals surface area contributed by atoms with E-state index in [0.717, 1.165) is 5.56 Å². The molecule has 21 heavy (non-hydrogen) atoms. The number of fused-ring (bicyclic) bond motifs is 1. The smallest absolute Gasteiger partial charge is 0.327 e. The summed E-state index contributed by atoms with van der Waals surface area (Å²) in [5.74, 6) is -0.702. The highest BCUT2D eigenvalue weighted by atomic mass is 32.2. The zero-order chi connectivity index (χ0) is 15.6. The van der Waals surface area contributed by atoms with Crippen LogP contribution in [0.25, 0.3) is 0 Å². The lowest BCUT2D eigenvalue weighted by Crippen LogP contribution is -2.51. The van der Waals surface area contributed by atoms with Gasteiger partial charge >= 0.3 is 12.0 Å². The molecule has 0 bridgehead atoms. The van der Waals surface area contributed by atoms with Crippen LogP contribution in [0.3, 0.4) is 0 Å². The second kappa shape index (κ2) is 6.26. The van der Waals surface area contributed by atoms with Crippen LogP contribution in [-0.4, -0.2) is 45.4 Å². The van der Waals surface area contributed by atoms with Crippen LogP contribution in [0, 0.1) is 0 Å². The molecule has 1 aliphatic rings. The Morgan fingerprint density at radius 2 is 2.14 bits per heavy atom. The van der Waals surface area contributed by atoms with E-state index < -0.39 is 28.8 Å². The highest BCUT2D eigenvalue weighted by molar-refractivity contribution is 7.84. The van der Waals surface area contributed by atoms with E-state index in [-0.39, 0.29) is 6.04 Å². The second-order valence-electron chi connectivity index (χ2n) is 5.15. The Labute approximate surface area is 125 Å². The van der Waals surface area contributed by atoms with E-state index >= 15 is 0 Å². The Morgan fingerprint density at radius 3 is 2.76 bits per heavy atom. The minimum atomic E-state index is -1.03. The Balaban J connectivity index is 2.20. The van der Waals surface area contributed by atoms with Crippen LogP contribution < -0.4 is 10.2 Å². The first-order valence-corrected chi connectivity index (χ1v) is 8.33. The molecule has 0 saturated carbocycles. The molecule has 0 aromatic heterocycles. The molecule has 0 aliphatic carbocycles. The van der Waals surface area contributed by atoms with Crippen LogP contribution >= 0.6 is 0 Å². The van der Waals surface area contributed by atoms with Crippen LogP contribution in [0.2, 0.25) is 0 Å². The van der Waals surface area contributed by atoms with E-state index in [1.165, 1.54) is 4.90 Å². The fourth-order valence-corrected chi connectivity index (χ4v) is 3.30. The number of urea groups is 1. The Morgan fingerprint density at radius 1 is 1.48 bits per heavy atom. The summed E-state index contributed by atoms with van der Waals surface area (Å²) < 4.78 is 11.2. The summed E-state index contributed by atoms with van der Waals surface area (Å²) in [7, 11) is -1.03. The average molecular weight is 310 g/mol. The molecule has 3 unspecified atom stereocenters. The number of nitrogens with zero attached hydrogens (tertiary/aromatic N) is 1. The minimum absolute atomic E-state index is 0.287. The molecule has 114 valence electrons. The lowest BCUT2D eigenvalue weighted by molar-refractivity contribution is -0.138. The van der Waals surface area contributed by atoms with Gasteiger partial charge in [0.2, 0.25) is 0 Å². The standard InChI is InChI=1S/C14H18N2O4S/c1-9(8-21(2)20)15-14(19)16-11-6-4-3-5-10(11)7-12(16)13(17)18/h3-6,9,12H,7-8H2,1-2H3,(H,15,19)(H,17,18). The first-order valence-electron chi connectivity index (χ1n) is 6.60. The lowest BCUT2D eigenvalue weighted by Gasteiger charge is -2.25. The fourth-order valence-electron chi connectivity index (χ4n) is 2.51. The first-order chi connectivity index (χ1) is 9.90. The van der Waals surface area contributed by atoms with Crippen LogP contribution in [0.5, 0.6) is 0 Å². The van der Waals surface area contributed by atoms with Crippen molar-refractivity contribution in [2.75, 3.05) is 16.9 Å². The number of amides is 2. The van der Waals surface area contributed by atoms with Crippen molar-refractivity contribution in [2.45, 2.75) is 25.4 Å². The number of carboxylic acid groups (broad SMARTS) is 1. The number of anilines is 1. The van der Waals surface area contributed by atoms with E-state index in [2.05, 4.69) is 5.32 Å². The number of carbonyl (C=O) groups excluding carboxylic acids is 1. The lowest BCUT2D eigenvalue weighted by atomic mass is 10.1. The molecule has 2 amide bonds. The predicted octanol–water partition coefficient (Wildman–Crippen LogP) is 0.979. The van der Waals surface area contributed by atoms with Gasteiger partial charge in [-0.2, -0.15) is 0 Å². The fraction of sp³-hybridized carbons (Fsp3) is 0.429. The van der Waals surface area contributed by atoms with Gasteiger partial charge in [-0.15, -0.1) is 0 Å². The van der Waals surface area contributed by atoms with Crippen molar-refractivity contribution in [3.05, 3.63) is 29.8 Å². The van der Waals surface area contributed by atoms with Crippen molar-refractivity contribution in [3.63, 3.8) is 0 Å². The van der Waals surface area contributed by atoms with E-state index in [9.17, 15) is 18.9 Å². The van der Waals surface area contributed by atoms with E-state index in [1.54, 1.807) is 25.3 Å². The second-order valence-corrected chi connectivity index (χ2v) is 6.63. The SMILES string of the molecule is CC(CS(C)=O)NC(=O)N1c2ccccc2CC1C(=O)O. The van der Waals surface area contributed by atoms with Gasteiger partial charge in [0, 0.05) is 41.0 Å². The third-order valence-corrected chi connectivity index (χ3v) is 4.30. The number of aliphatic carboxylic acids is 1. The number of hydrogen-bond acceptors (Lipinski definition) is 3. The maximum atomic E-state index is 12.4. The van der Waals surface area contributed by atoms with Gasteiger partial charge in [0.25, 0.3) is 0 Å². The normalized spacial score (nSPS) is 19.7.